The van der Waals surface area contributed by atoms with Crippen molar-refractivity contribution in [3.05, 3.63) is 34.3 Å². The number of fused-ring (bicyclic) bond motifs is 1. The number of benzene rings is 1. The summed E-state index contributed by atoms with van der Waals surface area (Å²) in [5.74, 6) is -0.395. The van der Waals surface area contributed by atoms with Gasteiger partial charge in [0.05, 0.1) is 11.6 Å². The molecule has 2 heterocycles. The summed E-state index contributed by atoms with van der Waals surface area (Å²) in [5.41, 5.74) is 1.95. The van der Waals surface area contributed by atoms with Crippen LogP contribution in [0.25, 0.3) is 11.1 Å². The van der Waals surface area contributed by atoms with E-state index in [0.29, 0.717) is 12.2 Å². The molecule has 5 heteroatoms. The number of hydrogen-bond acceptors (Lipinski definition) is 4. The molecule has 1 fully saturated rings. The lowest BCUT2D eigenvalue weighted by Gasteiger charge is -2.17. The van der Waals surface area contributed by atoms with Crippen LogP contribution in [0.2, 0.25) is 0 Å². The standard InChI is InChI=1S/C13H15NO4/c1-14-9-5-4-8(7-11(9)18-13(14)16)12(15)10-3-2-6-17-10/h4-5,7,10,12,15H,2-3,6H2,1H3. The first-order chi connectivity index (χ1) is 8.66. The second-order valence-corrected chi connectivity index (χ2v) is 4.65. The van der Waals surface area contributed by atoms with Gasteiger partial charge in [-0.15, -0.1) is 0 Å². The first-order valence-electron chi connectivity index (χ1n) is 6.06. The number of nitrogens with zero attached hydrogens (tertiary/aromatic N) is 1. The van der Waals surface area contributed by atoms with E-state index in [-0.39, 0.29) is 6.10 Å². The number of aliphatic hydroxyl groups is 1. The van der Waals surface area contributed by atoms with Gasteiger partial charge in [0.2, 0.25) is 0 Å². The smallest absolute Gasteiger partial charge is 0.408 e. The molecule has 1 saturated heterocycles. The van der Waals surface area contributed by atoms with Crippen molar-refractivity contribution in [2.24, 2.45) is 7.05 Å². The van der Waals surface area contributed by atoms with E-state index in [1.165, 1.54) is 4.57 Å². The maximum absolute atomic E-state index is 11.4. The highest BCUT2D eigenvalue weighted by Crippen LogP contribution is 2.28. The highest BCUT2D eigenvalue weighted by Gasteiger charge is 2.25. The van der Waals surface area contributed by atoms with Crippen molar-refractivity contribution in [1.82, 2.24) is 4.57 Å². The van der Waals surface area contributed by atoms with Crippen molar-refractivity contribution in [3.63, 3.8) is 0 Å². The molecule has 3 rings (SSSR count). The molecule has 5 nitrogen and oxygen atoms in total. The van der Waals surface area contributed by atoms with Crippen LogP contribution in [-0.4, -0.2) is 22.4 Å². The van der Waals surface area contributed by atoms with Crippen LogP contribution in [0.5, 0.6) is 0 Å². The van der Waals surface area contributed by atoms with Crippen LogP contribution in [-0.2, 0) is 11.8 Å². The molecular weight excluding hydrogens is 234 g/mol. The number of aliphatic hydroxyl groups excluding tert-OH is 1. The largest absolute Gasteiger partial charge is 0.419 e. The molecule has 1 aliphatic rings. The molecule has 1 aromatic carbocycles. The number of hydrogen-bond donors (Lipinski definition) is 1. The molecule has 0 amide bonds. The van der Waals surface area contributed by atoms with Gasteiger partial charge in [-0.2, -0.15) is 0 Å². The highest BCUT2D eigenvalue weighted by molar-refractivity contribution is 5.73. The number of aryl methyl sites for hydroxylation is 1. The molecule has 18 heavy (non-hydrogen) atoms. The number of rotatable bonds is 2. The van der Waals surface area contributed by atoms with Crippen LogP contribution in [0.15, 0.2) is 27.4 Å². The van der Waals surface area contributed by atoms with E-state index >= 15 is 0 Å². The lowest BCUT2D eigenvalue weighted by Crippen LogP contribution is -2.16. The zero-order valence-corrected chi connectivity index (χ0v) is 10.1. The van der Waals surface area contributed by atoms with E-state index in [9.17, 15) is 9.90 Å². The number of aromatic nitrogens is 1. The van der Waals surface area contributed by atoms with E-state index < -0.39 is 11.9 Å². The van der Waals surface area contributed by atoms with Gasteiger partial charge in [-0.25, -0.2) is 4.79 Å². The Morgan fingerprint density at radius 1 is 1.50 bits per heavy atom. The summed E-state index contributed by atoms with van der Waals surface area (Å²) in [5, 5.41) is 10.2. The summed E-state index contributed by atoms with van der Waals surface area (Å²) in [7, 11) is 1.66. The Bertz CT molecular complexity index is 621. The Morgan fingerprint density at radius 3 is 3.06 bits per heavy atom. The topological polar surface area (TPSA) is 64.6 Å². The average molecular weight is 249 g/mol. The maximum atomic E-state index is 11.4. The Labute approximate surface area is 104 Å². The molecule has 2 atom stereocenters. The van der Waals surface area contributed by atoms with Gasteiger partial charge in [0.1, 0.15) is 6.10 Å². The van der Waals surface area contributed by atoms with Crippen molar-refractivity contribution in [2.75, 3.05) is 6.61 Å². The molecule has 0 spiro atoms. The van der Waals surface area contributed by atoms with Crippen molar-refractivity contribution in [2.45, 2.75) is 25.0 Å². The van der Waals surface area contributed by atoms with Crippen LogP contribution in [0, 0.1) is 0 Å². The van der Waals surface area contributed by atoms with E-state index in [2.05, 4.69) is 0 Å². The van der Waals surface area contributed by atoms with E-state index in [0.717, 1.165) is 23.9 Å². The highest BCUT2D eigenvalue weighted by atomic mass is 16.5. The van der Waals surface area contributed by atoms with E-state index in [1.54, 1.807) is 19.2 Å². The van der Waals surface area contributed by atoms with Crippen LogP contribution in [0.3, 0.4) is 0 Å². The Hall–Kier alpha value is -1.59. The van der Waals surface area contributed by atoms with Gasteiger partial charge in [-0.05, 0) is 30.5 Å². The summed E-state index contributed by atoms with van der Waals surface area (Å²) < 4.78 is 12.0. The van der Waals surface area contributed by atoms with Gasteiger partial charge in [0.25, 0.3) is 0 Å². The minimum absolute atomic E-state index is 0.155. The molecule has 1 aliphatic heterocycles. The molecule has 2 aromatic rings. The second-order valence-electron chi connectivity index (χ2n) is 4.65. The van der Waals surface area contributed by atoms with Crippen LogP contribution < -0.4 is 5.76 Å². The summed E-state index contributed by atoms with van der Waals surface area (Å²) >= 11 is 0. The first kappa shape index (κ1) is 11.5. The molecule has 2 unspecified atom stereocenters. The fourth-order valence-electron chi connectivity index (χ4n) is 2.40. The third-order valence-electron chi connectivity index (χ3n) is 3.47. The SMILES string of the molecule is Cn1c(=O)oc2cc(C(O)C3CCCO3)ccc21. The van der Waals surface area contributed by atoms with Gasteiger partial charge in [-0.3, -0.25) is 4.57 Å². The maximum Gasteiger partial charge on any atom is 0.419 e. The van der Waals surface area contributed by atoms with Crippen molar-refractivity contribution in [3.8, 4) is 0 Å². The minimum atomic E-state index is -0.664. The van der Waals surface area contributed by atoms with Gasteiger partial charge in [0.15, 0.2) is 5.58 Å². The summed E-state index contributed by atoms with van der Waals surface area (Å²) in [4.78, 5) is 11.4. The van der Waals surface area contributed by atoms with Crippen molar-refractivity contribution < 1.29 is 14.3 Å². The Kier molecular flexibility index (Phi) is 2.72. The third-order valence-corrected chi connectivity index (χ3v) is 3.47. The summed E-state index contributed by atoms with van der Waals surface area (Å²) in [6.07, 6.45) is 1.02. The van der Waals surface area contributed by atoms with E-state index in [4.69, 9.17) is 9.15 Å². The predicted octanol–water partition coefficient (Wildman–Crippen LogP) is 1.34. The van der Waals surface area contributed by atoms with Gasteiger partial charge >= 0.3 is 5.76 Å². The van der Waals surface area contributed by atoms with Gasteiger partial charge in [-0.1, -0.05) is 6.07 Å². The molecule has 1 N–H and O–H groups in total. The van der Waals surface area contributed by atoms with Crippen LogP contribution >= 0.6 is 0 Å². The van der Waals surface area contributed by atoms with Crippen molar-refractivity contribution >= 4 is 11.1 Å². The fourth-order valence-corrected chi connectivity index (χ4v) is 2.40. The number of oxazole rings is 1. The van der Waals surface area contributed by atoms with Crippen molar-refractivity contribution in [1.29, 1.82) is 0 Å². The molecular formula is C13H15NO4. The zero-order valence-electron chi connectivity index (χ0n) is 10.1. The average Bonchev–Trinajstić information content (AvgIpc) is 2.98. The molecule has 96 valence electrons. The quantitative estimate of drug-likeness (QED) is 0.872. The zero-order chi connectivity index (χ0) is 12.7. The lowest BCUT2D eigenvalue weighted by molar-refractivity contribution is -0.00255. The molecule has 0 radical (unpaired) electrons. The molecule has 0 bridgehead atoms. The first-order valence-corrected chi connectivity index (χ1v) is 6.06. The summed E-state index contributed by atoms with van der Waals surface area (Å²) in [6, 6.07) is 5.31. The lowest BCUT2D eigenvalue weighted by atomic mass is 10.0. The number of ether oxygens (including phenoxy) is 1. The molecule has 0 saturated carbocycles. The summed E-state index contributed by atoms with van der Waals surface area (Å²) in [6.45, 7) is 0.699. The molecule has 0 aliphatic carbocycles. The van der Waals surface area contributed by atoms with Gasteiger partial charge in [0, 0.05) is 13.7 Å². The fraction of sp³-hybridized carbons (Fsp3) is 0.462. The minimum Gasteiger partial charge on any atom is -0.408 e. The van der Waals surface area contributed by atoms with E-state index in [1.807, 2.05) is 6.07 Å². The third kappa shape index (κ3) is 1.76. The predicted molar refractivity (Wildman–Crippen MR) is 65.4 cm³/mol. The monoisotopic (exact) mass is 249 g/mol. The molecule has 1 aromatic heterocycles. The Morgan fingerprint density at radius 2 is 2.33 bits per heavy atom. The van der Waals surface area contributed by atoms with Crippen LogP contribution in [0.4, 0.5) is 0 Å². The second kappa shape index (κ2) is 4.26. The van der Waals surface area contributed by atoms with Crippen LogP contribution in [0.1, 0.15) is 24.5 Å². The van der Waals surface area contributed by atoms with Gasteiger partial charge < -0.3 is 14.3 Å². The normalized spacial score (nSPS) is 21.6. The Balaban J connectivity index is 2.00.